The molecule has 1 fully saturated rings. The number of hydrogen-bond donors (Lipinski definition) is 1. The first-order valence-electron chi connectivity index (χ1n) is 8.95. The van der Waals surface area contributed by atoms with Crippen LogP contribution in [0.25, 0.3) is 0 Å². The molecule has 0 aromatic heterocycles. The maximum atomic E-state index is 13.2. The molecule has 25 heavy (non-hydrogen) atoms. The predicted molar refractivity (Wildman–Crippen MR) is 93.0 cm³/mol. The number of nitrogens with zero attached hydrogens (tertiary/aromatic N) is 2. The number of likely N-dealkylation sites (tertiary alicyclic amines) is 1. The van der Waals surface area contributed by atoms with E-state index in [4.69, 9.17) is 4.74 Å². The molecule has 2 bridgehead atoms. The Bertz CT molecular complexity index is 673. The van der Waals surface area contributed by atoms with E-state index < -0.39 is 11.6 Å². The third-order valence-corrected chi connectivity index (χ3v) is 5.42. The Hall–Kier alpha value is -2.08. The lowest BCUT2D eigenvalue weighted by Crippen LogP contribution is -2.65. The van der Waals surface area contributed by atoms with E-state index in [2.05, 4.69) is 0 Å². The molecule has 3 unspecified atom stereocenters. The summed E-state index contributed by atoms with van der Waals surface area (Å²) in [6, 6.07) is 7.62. The number of piperidine rings is 1. The topological polar surface area (TPSA) is 70.1 Å². The maximum absolute atomic E-state index is 13.2. The fraction of sp³-hybridized carbons (Fsp3) is 0.579. The monoisotopic (exact) mass is 346 g/mol. The normalized spacial score (nSPS) is 27.5. The molecule has 2 aliphatic heterocycles. The molecule has 3 rings (SSSR count). The third-order valence-electron chi connectivity index (χ3n) is 5.42. The zero-order valence-electron chi connectivity index (χ0n) is 15.1. The van der Waals surface area contributed by atoms with Gasteiger partial charge >= 0.3 is 0 Å². The number of carbonyl (C=O) groups is 2. The third kappa shape index (κ3) is 2.78. The van der Waals surface area contributed by atoms with Gasteiger partial charge < -0.3 is 19.6 Å². The van der Waals surface area contributed by atoms with Gasteiger partial charge in [0.05, 0.1) is 6.61 Å². The highest BCUT2D eigenvalue weighted by Crippen LogP contribution is 2.50. The van der Waals surface area contributed by atoms with E-state index in [1.54, 1.807) is 4.90 Å². The lowest BCUT2D eigenvalue weighted by atomic mass is 9.73. The van der Waals surface area contributed by atoms with Crippen LogP contribution in [-0.2, 0) is 9.59 Å². The van der Waals surface area contributed by atoms with Gasteiger partial charge in [-0.25, -0.2) is 0 Å². The first kappa shape index (κ1) is 17.7. The van der Waals surface area contributed by atoms with Gasteiger partial charge in [0.2, 0.25) is 11.8 Å². The molecule has 1 aromatic carbocycles. The van der Waals surface area contributed by atoms with Crippen molar-refractivity contribution in [2.45, 2.75) is 38.8 Å². The lowest BCUT2D eigenvalue weighted by Gasteiger charge is -2.53. The standard InChI is InChI=1S/C19H26N2O4/c1-4-20(5-2)17(23)16-14-12-19(3,21(10-11-22)18(16)24)25-15-9-7-6-8-13(14)15/h6-9,14,16,22H,4-5,10-12H2,1-3H3. The molecule has 1 saturated heterocycles. The van der Waals surface area contributed by atoms with Crippen LogP contribution in [0, 0.1) is 5.92 Å². The number of benzene rings is 1. The number of fused-ring (bicyclic) bond motifs is 4. The highest BCUT2D eigenvalue weighted by Gasteiger charge is 2.56. The van der Waals surface area contributed by atoms with Gasteiger partial charge in [-0.3, -0.25) is 9.59 Å². The number of ether oxygens (including phenoxy) is 1. The second kappa shape index (κ2) is 6.67. The number of β-amino-alcohol motifs (C(OH)–C–C–N with tert-alkyl or cyclic N) is 1. The minimum Gasteiger partial charge on any atom is -0.468 e. The average molecular weight is 346 g/mol. The molecule has 0 spiro atoms. The molecule has 6 nitrogen and oxygen atoms in total. The van der Waals surface area contributed by atoms with Crippen LogP contribution in [0.3, 0.4) is 0 Å². The van der Waals surface area contributed by atoms with Gasteiger partial charge in [0, 0.05) is 32.0 Å². The Kier molecular flexibility index (Phi) is 4.73. The molecular weight excluding hydrogens is 320 g/mol. The largest absolute Gasteiger partial charge is 0.468 e. The van der Waals surface area contributed by atoms with Crippen molar-refractivity contribution in [3.05, 3.63) is 29.8 Å². The van der Waals surface area contributed by atoms with Crippen molar-refractivity contribution in [1.29, 1.82) is 0 Å². The molecule has 0 saturated carbocycles. The van der Waals surface area contributed by atoms with Crippen molar-refractivity contribution >= 4 is 11.8 Å². The summed E-state index contributed by atoms with van der Waals surface area (Å²) in [5, 5.41) is 9.42. The first-order chi connectivity index (χ1) is 12.0. The van der Waals surface area contributed by atoms with Gasteiger partial charge in [0.1, 0.15) is 11.7 Å². The fourth-order valence-electron chi connectivity index (χ4n) is 4.17. The van der Waals surface area contributed by atoms with Gasteiger partial charge in [-0.05, 0) is 32.4 Å². The number of rotatable bonds is 5. The lowest BCUT2D eigenvalue weighted by molar-refractivity contribution is -0.179. The molecule has 1 aromatic rings. The molecule has 2 heterocycles. The van der Waals surface area contributed by atoms with Crippen LogP contribution >= 0.6 is 0 Å². The van der Waals surface area contributed by atoms with E-state index >= 15 is 0 Å². The molecule has 2 aliphatic rings. The fourth-order valence-corrected chi connectivity index (χ4v) is 4.17. The Morgan fingerprint density at radius 1 is 1.36 bits per heavy atom. The van der Waals surface area contributed by atoms with Gasteiger partial charge in [0.25, 0.3) is 0 Å². The SMILES string of the molecule is CCN(CC)C(=O)C1C(=O)N(CCO)C2(C)CC1c1ccccc1O2. The first-order valence-corrected chi connectivity index (χ1v) is 8.95. The van der Waals surface area contributed by atoms with Gasteiger partial charge in [-0.1, -0.05) is 18.2 Å². The van der Waals surface area contributed by atoms with E-state index in [0.29, 0.717) is 25.3 Å². The van der Waals surface area contributed by atoms with E-state index in [1.165, 1.54) is 4.90 Å². The van der Waals surface area contributed by atoms with Crippen molar-refractivity contribution in [1.82, 2.24) is 9.80 Å². The van der Waals surface area contributed by atoms with Crippen molar-refractivity contribution < 1.29 is 19.4 Å². The van der Waals surface area contributed by atoms with Crippen LogP contribution < -0.4 is 4.74 Å². The van der Waals surface area contributed by atoms with Gasteiger partial charge in [0.15, 0.2) is 5.72 Å². The Balaban J connectivity index is 2.09. The van der Waals surface area contributed by atoms with Gasteiger partial charge in [-0.15, -0.1) is 0 Å². The zero-order chi connectivity index (χ0) is 18.2. The van der Waals surface area contributed by atoms with Crippen LogP contribution in [0.4, 0.5) is 0 Å². The van der Waals surface area contributed by atoms with Gasteiger partial charge in [-0.2, -0.15) is 0 Å². The summed E-state index contributed by atoms with van der Waals surface area (Å²) in [6.45, 7) is 6.84. The average Bonchev–Trinajstić information content (AvgIpc) is 2.59. The smallest absolute Gasteiger partial charge is 0.238 e. The van der Waals surface area contributed by atoms with E-state index in [-0.39, 0.29) is 30.9 Å². The van der Waals surface area contributed by atoms with Crippen LogP contribution in [-0.4, -0.2) is 58.7 Å². The number of para-hydroxylation sites is 1. The summed E-state index contributed by atoms with van der Waals surface area (Å²) in [5.41, 5.74) is 0.0845. The molecule has 1 N–H and O–H groups in total. The minimum atomic E-state index is -0.834. The van der Waals surface area contributed by atoms with Crippen LogP contribution in [0.5, 0.6) is 5.75 Å². The summed E-state index contributed by atoms with van der Waals surface area (Å²) >= 11 is 0. The second-order valence-corrected chi connectivity index (χ2v) is 6.83. The highest BCUT2D eigenvalue weighted by atomic mass is 16.5. The van der Waals surface area contributed by atoms with Crippen molar-refractivity contribution in [3.63, 3.8) is 0 Å². The van der Waals surface area contributed by atoms with Crippen LogP contribution in [0.15, 0.2) is 24.3 Å². The van der Waals surface area contributed by atoms with Crippen LogP contribution in [0.1, 0.15) is 38.7 Å². The quantitative estimate of drug-likeness (QED) is 0.822. The van der Waals surface area contributed by atoms with Crippen molar-refractivity contribution in [2.24, 2.45) is 5.92 Å². The zero-order valence-corrected chi connectivity index (χ0v) is 15.1. The van der Waals surface area contributed by atoms with E-state index in [0.717, 1.165) is 5.56 Å². The second-order valence-electron chi connectivity index (χ2n) is 6.83. The summed E-state index contributed by atoms with van der Waals surface area (Å²) in [5.74, 6) is -0.634. The molecule has 3 atom stereocenters. The number of aliphatic hydroxyl groups excluding tert-OH is 1. The number of hydrogen-bond acceptors (Lipinski definition) is 4. The minimum absolute atomic E-state index is 0.137. The van der Waals surface area contributed by atoms with E-state index in [9.17, 15) is 14.7 Å². The predicted octanol–water partition coefficient (Wildman–Crippen LogP) is 1.59. The molecule has 6 heteroatoms. The molecule has 136 valence electrons. The molecular formula is C19H26N2O4. The Labute approximate surface area is 148 Å². The van der Waals surface area contributed by atoms with Crippen molar-refractivity contribution in [3.8, 4) is 5.75 Å². The van der Waals surface area contributed by atoms with Crippen molar-refractivity contribution in [2.75, 3.05) is 26.2 Å². The number of amides is 2. The summed E-state index contributed by atoms with van der Waals surface area (Å²) < 4.78 is 6.14. The van der Waals surface area contributed by atoms with E-state index in [1.807, 2.05) is 45.0 Å². The molecule has 0 radical (unpaired) electrons. The molecule has 2 amide bonds. The maximum Gasteiger partial charge on any atom is 0.238 e. The summed E-state index contributed by atoms with van der Waals surface area (Å²) in [6.07, 6.45) is 0.549. The Morgan fingerprint density at radius 2 is 2.04 bits per heavy atom. The highest BCUT2D eigenvalue weighted by molar-refractivity contribution is 6.02. The molecule has 0 aliphatic carbocycles. The Morgan fingerprint density at radius 3 is 2.68 bits per heavy atom. The van der Waals surface area contributed by atoms with Crippen LogP contribution in [0.2, 0.25) is 0 Å². The summed E-state index contributed by atoms with van der Waals surface area (Å²) in [4.78, 5) is 29.6. The number of aliphatic hydroxyl groups is 1. The number of carbonyl (C=O) groups excluding carboxylic acids is 2. The summed E-state index contributed by atoms with van der Waals surface area (Å²) in [7, 11) is 0.